The third kappa shape index (κ3) is 3.64. The Hall–Kier alpha value is -0.810. The molecule has 1 saturated heterocycles. The van der Waals surface area contributed by atoms with Crippen LogP contribution < -0.4 is 5.32 Å². The van der Waals surface area contributed by atoms with Gasteiger partial charge in [-0.3, -0.25) is 10.1 Å². The van der Waals surface area contributed by atoms with Gasteiger partial charge in [-0.2, -0.15) is 0 Å². The number of methoxy groups -OCH3 is 1. The number of alkyl halides is 1. The summed E-state index contributed by atoms with van der Waals surface area (Å²) in [6.07, 6.45) is 1.81. The molecule has 1 unspecified atom stereocenters. The number of hydrogen-bond acceptors (Lipinski definition) is 3. The first-order valence-electron chi connectivity index (χ1n) is 5.31. The van der Waals surface area contributed by atoms with E-state index in [1.807, 2.05) is 0 Å². The van der Waals surface area contributed by atoms with Crippen molar-refractivity contribution in [1.29, 1.82) is 0 Å². The van der Waals surface area contributed by atoms with Crippen molar-refractivity contribution in [2.24, 2.45) is 0 Å². The highest BCUT2D eigenvalue weighted by Crippen LogP contribution is 2.12. The Morgan fingerprint density at radius 3 is 2.44 bits per heavy atom. The van der Waals surface area contributed by atoms with Crippen molar-refractivity contribution in [3.8, 4) is 0 Å². The van der Waals surface area contributed by atoms with Crippen LogP contribution in [-0.2, 0) is 9.53 Å². The van der Waals surface area contributed by atoms with Crippen molar-refractivity contribution in [3.63, 3.8) is 0 Å². The lowest BCUT2D eigenvalue weighted by atomic mass is 10.1. The molecular formula is C10H17ClN2O3. The first-order chi connectivity index (χ1) is 7.54. The van der Waals surface area contributed by atoms with Crippen LogP contribution in [0.15, 0.2) is 0 Å². The highest BCUT2D eigenvalue weighted by molar-refractivity contribution is 6.31. The van der Waals surface area contributed by atoms with Crippen LogP contribution in [0.2, 0.25) is 0 Å². The van der Waals surface area contributed by atoms with Gasteiger partial charge in [-0.15, -0.1) is 11.6 Å². The summed E-state index contributed by atoms with van der Waals surface area (Å²) in [6, 6.07) is -0.368. The molecule has 0 aromatic heterocycles. The fourth-order valence-electron chi connectivity index (χ4n) is 1.58. The Bertz CT molecular complexity index is 263. The molecule has 0 aromatic rings. The van der Waals surface area contributed by atoms with Gasteiger partial charge in [0.1, 0.15) is 5.38 Å². The van der Waals surface area contributed by atoms with Crippen molar-refractivity contribution in [3.05, 3.63) is 0 Å². The maximum Gasteiger partial charge on any atom is 0.324 e. The highest BCUT2D eigenvalue weighted by atomic mass is 35.5. The standard InChI is InChI=1S/C10H17ClN2O3/c1-7(11)9(14)12-10(15)13-5-3-8(16-2)4-6-13/h7-8H,3-6H2,1-2H3,(H,12,14,15). The summed E-state index contributed by atoms with van der Waals surface area (Å²) in [5, 5.41) is 1.56. The lowest BCUT2D eigenvalue weighted by molar-refractivity contribution is -0.119. The van der Waals surface area contributed by atoms with E-state index in [0.29, 0.717) is 13.1 Å². The molecule has 1 heterocycles. The SMILES string of the molecule is COC1CCN(C(=O)NC(=O)C(C)Cl)CC1. The minimum Gasteiger partial charge on any atom is -0.381 e. The van der Waals surface area contributed by atoms with Gasteiger partial charge in [-0.05, 0) is 19.8 Å². The lowest BCUT2D eigenvalue weighted by Crippen LogP contribution is -2.48. The molecule has 0 aliphatic carbocycles. The second-order valence-electron chi connectivity index (χ2n) is 3.83. The van der Waals surface area contributed by atoms with E-state index in [-0.39, 0.29) is 12.1 Å². The van der Waals surface area contributed by atoms with Crippen LogP contribution in [0.1, 0.15) is 19.8 Å². The molecule has 16 heavy (non-hydrogen) atoms. The van der Waals surface area contributed by atoms with Crippen LogP contribution in [0.5, 0.6) is 0 Å². The van der Waals surface area contributed by atoms with E-state index in [2.05, 4.69) is 5.32 Å². The number of halogens is 1. The summed E-state index contributed by atoms with van der Waals surface area (Å²) in [5.74, 6) is -0.458. The zero-order valence-electron chi connectivity index (χ0n) is 9.53. The fourth-order valence-corrected chi connectivity index (χ4v) is 1.63. The Labute approximate surface area is 100 Å². The van der Waals surface area contributed by atoms with E-state index >= 15 is 0 Å². The number of amides is 3. The van der Waals surface area contributed by atoms with Gasteiger partial charge in [0.15, 0.2) is 0 Å². The van der Waals surface area contributed by atoms with E-state index < -0.39 is 11.3 Å². The van der Waals surface area contributed by atoms with Gasteiger partial charge >= 0.3 is 6.03 Å². The number of nitrogens with zero attached hydrogens (tertiary/aromatic N) is 1. The summed E-state index contributed by atoms with van der Waals surface area (Å²) in [6.45, 7) is 2.74. The van der Waals surface area contributed by atoms with Crippen molar-refractivity contribution in [2.45, 2.75) is 31.2 Å². The van der Waals surface area contributed by atoms with Gasteiger partial charge in [0.25, 0.3) is 0 Å². The van der Waals surface area contributed by atoms with Gasteiger partial charge in [-0.1, -0.05) is 0 Å². The molecule has 92 valence electrons. The quantitative estimate of drug-likeness (QED) is 0.741. The fraction of sp³-hybridized carbons (Fsp3) is 0.800. The number of urea groups is 1. The number of ether oxygens (including phenoxy) is 1. The number of hydrogen-bond donors (Lipinski definition) is 1. The van der Waals surface area contributed by atoms with Crippen molar-refractivity contribution < 1.29 is 14.3 Å². The molecule has 3 amide bonds. The summed E-state index contributed by atoms with van der Waals surface area (Å²) in [5.41, 5.74) is 0. The third-order valence-corrected chi connectivity index (χ3v) is 2.85. The molecule has 1 rings (SSSR count). The second kappa shape index (κ2) is 6.06. The molecule has 1 atom stereocenters. The minimum absolute atomic E-state index is 0.215. The van der Waals surface area contributed by atoms with E-state index in [0.717, 1.165) is 12.8 Å². The van der Waals surface area contributed by atoms with Crippen LogP contribution >= 0.6 is 11.6 Å². The summed E-state index contributed by atoms with van der Waals surface area (Å²) < 4.78 is 5.19. The van der Waals surface area contributed by atoms with Gasteiger partial charge < -0.3 is 9.64 Å². The van der Waals surface area contributed by atoms with E-state index in [1.54, 1.807) is 12.0 Å². The van der Waals surface area contributed by atoms with E-state index in [4.69, 9.17) is 16.3 Å². The normalized spacial score (nSPS) is 19.3. The largest absolute Gasteiger partial charge is 0.381 e. The first-order valence-corrected chi connectivity index (χ1v) is 5.75. The average Bonchev–Trinajstić information content (AvgIpc) is 2.28. The number of carbonyl (C=O) groups is 2. The van der Waals surface area contributed by atoms with Gasteiger partial charge in [0, 0.05) is 20.2 Å². The number of piperidine rings is 1. The monoisotopic (exact) mass is 248 g/mol. The Balaban J connectivity index is 2.36. The predicted octanol–water partition coefficient (Wildman–Crippen LogP) is 0.961. The molecule has 0 bridgehead atoms. The van der Waals surface area contributed by atoms with Crippen molar-refractivity contribution >= 4 is 23.5 Å². The Morgan fingerprint density at radius 1 is 1.44 bits per heavy atom. The molecule has 0 spiro atoms. The minimum atomic E-state index is -0.694. The molecule has 0 aromatic carbocycles. The Kier molecular flexibility index (Phi) is 5.02. The first kappa shape index (κ1) is 13.3. The maximum absolute atomic E-state index is 11.6. The molecule has 0 radical (unpaired) electrons. The molecular weight excluding hydrogens is 232 g/mol. The lowest BCUT2D eigenvalue weighted by Gasteiger charge is -2.31. The predicted molar refractivity (Wildman–Crippen MR) is 60.5 cm³/mol. The van der Waals surface area contributed by atoms with Gasteiger partial charge in [-0.25, -0.2) is 4.79 Å². The van der Waals surface area contributed by atoms with Crippen molar-refractivity contribution in [1.82, 2.24) is 10.2 Å². The van der Waals surface area contributed by atoms with E-state index in [9.17, 15) is 9.59 Å². The molecule has 0 saturated carbocycles. The molecule has 6 heteroatoms. The van der Waals surface area contributed by atoms with E-state index in [1.165, 1.54) is 6.92 Å². The average molecular weight is 249 g/mol. The van der Waals surface area contributed by atoms with Crippen LogP contribution in [0.3, 0.4) is 0 Å². The van der Waals surface area contributed by atoms with Crippen LogP contribution in [0.4, 0.5) is 4.79 Å². The van der Waals surface area contributed by atoms with Crippen molar-refractivity contribution in [2.75, 3.05) is 20.2 Å². The Morgan fingerprint density at radius 2 is 2.00 bits per heavy atom. The smallest absolute Gasteiger partial charge is 0.324 e. The molecule has 5 nitrogen and oxygen atoms in total. The van der Waals surface area contributed by atoms with Gasteiger partial charge in [0.2, 0.25) is 5.91 Å². The third-order valence-electron chi connectivity index (χ3n) is 2.65. The van der Waals surface area contributed by atoms with Gasteiger partial charge in [0.05, 0.1) is 6.10 Å². The zero-order chi connectivity index (χ0) is 12.1. The second-order valence-corrected chi connectivity index (χ2v) is 4.49. The van der Waals surface area contributed by atoms with Crippen LogP contribution in [-0.4, -0.2) is 48.5 Å². The van der Waals surface area contributed by atoms with Crippen LogP contribution in [0, 0.1) is 0 Å². The topological polar surface area (TPSA) is 58.6 Å². The number of carbonyl (C=O) groups excluding carboxylic acids is 2. The van der Waals surface area contributed by atoms with Crippen LogP contribution in [0.25, 0.3) is 0 Å². The molecule has 1 aliphatic rings. The highest BCUT2D eigenvalue weighted by Gasteiger charge is 2.24. The summed E-state index contributed by atoms with van der Waals surface area (Å²) in [4.78, 5) is 24.4. The molecule has 1 aliphatic heterocycles. The summed E-state index contributed by atoms with van der Waals surface area (Å²) in [7, 11) is 1.67. The number of nitrogens with one attached hydrogen (secondary N) is 1. The number of likely N-dealkylation sites (tertiary alicyclic amines) is 1. The maximum atomic E-state index is 11.6. The number of rotatable bonds is 2. The summed E-state index contributed by atoms with van der Waals surface area (Å²) >= 11 is 5.55. The number of imide groups is 1. The molecule has 1 fully saturated rings. The molecule has 1 N–H and O–H groups in total. The zero-order valence-corrected chi connectivity index (χ0v) is 10.3.